The number of carbonyl (C=O) groups is 1. The number of carbonyl (C=O) groups excluding carboxylic acids is 1. The Morgan fingerprint density at radius 1 is 0.970 bits per heavy atom. The molecule has 2 aromatic carbocycles. The number of ether oxygens (including phenoxy) is 2. The summed E-state index contributed by atoms with van der Waals surface area (Å²) in [4.78, 5) is 25.9. The molecular formula is C24H27N5O3S. The van der Waals surface area contributed by atoms with Crippen molar-refractivity contribution in [2.45, 2.75) is 5.03 Å². The van der Waals surface area contributed by atoms with Gasteiger partial charge in [0.15, 0.2) is 0 Å². The van der Waals surface area contributed by atoms with Crippen molar-refractivity contribution in [3.8, 4) is 11.5 Å². The number of aromatic nitrogens is 2. The first-order valence-electron chi connectivity index (χ1n) is 10.7. The number of nitrogens with zero attached hydrogens (tertiary/aromatic N) is 4. The van der Waals surface area contributed by atoms with Crippen molar-refractivity contribution in [2.24, 2.45) is 0 Å². The van der Waals surface area contributed by atoms with Gasteiger partial charge in [-0.1, -0.05) is 30.0 Å². The van der Waals surface area contributed by atoms with Gasteiger partial charge >= 0.3 is 0 Å². The fourth-order valence-electron chi connectivity index (χ4n) is 3.64. The van der Waals surface area contributed by atoms with Gasteiger partial charge in [-0.25, -0.2) is 9.97 Å². The van der Waals surface area contributed by atoms with Crippen LogP contribution in [0.1, 0.15) is 0 Å². The number of hydrogen-bond donors (Lipinski definition) is 1. The molecule has 172 valence electrons. The third kappa shape index (κ3) is 5.87. The zero-order valence-electron chi connectivity index (χ0n) is 18.7. The van der Waals surface area contributed by atoms with Crippen LogP contribution in [0.25, 0.3) is 0 Å². The number of methoxy groups -OCH3 is 2. The molecule has 0 saturated carbocycles. The second kappa shape index (κ2) is 10.9. The number of amides is 1. The first kappa shape index (κ1) is 22.7. The van der Waals surface area contributed by atoms with Gasteiger partial charge in [0.1, 0.15) is 28.7 Å². The van der Waals surface area contributed by atoms with Crippen LogP contribution in [-0.4, -0.2) is 62.0 Å². The molecule has 1 aliphatic heterocycles. The first-order valence-corrected chi connectivity index (χ1v) is 11.7. The number of nitrogens with one attached hydrogen (secondary N) is 1. The molecule has 0 unspecified atom stereocenters. The predicted molar refractivity (Wildman–Crippen MR) is 132 cm³/mol. The number of benzene rings is 2. The molecule has 0 radical (unpaired) electrons. The van der Waals surface area contributed by atoms with Crippen LogP contribution in [0, 0.1) is 0 Å². The summed E-state index contributed by atoms with van der Waals surface area (Å²) in [5.41, 5.74) is 1.85. The highest BCUT2D eigenvalue weighted by molar-refractivity contribution is 7.99. The summed E-state index contributed by atoms with van der Waals surface area (Å²) in [5, 5.41) is 3.65. The molecule has 2 heterocycles. The van der Waals surface area contributed by atoms with E-state index in [4.69, 9.17) is 9.47 Å². The molecule has 1 aliphatic rings. The summed E-state index contributed by atoms with van der Waals surface area (Å²) in [6.07, 6.45) is 1.56. The molecule has 1 fully saturated rings. The fraction of sp³-hybridized carbons (Fsp3) is 0.292. The van der Waals surface area contributed by atoms with E-state index < -0.39 is 0 Å². The maximum absolute atomic E-state index is 12.5. The Morgan fingerprint density at radius 3 is 2.45 bits per heavy atom. The normalized spacial score (nSPS) is 13.5. The SMILES string of the molecule is COc1ccc(NC(=O)CSc2cc(N3CCN(c4ccccc4)CC3)ncn2)c(OC)c1. The van der Waals surface area contributed by atoms with Crippen molar-refractivity contribution in [1.82, 2.24) is 9.97 Å². The minimum atomic E-state index is -0.139. The summed E-state index contributed by atoms with van der Waals surface area (Å²) in [7, 11) is 3.14. The van der Waals surface area contributed by atoms with Crippen molar-refractivity contribution in [1.29, 1.82) is 0 Å². The molecule has 3 aromatic rings. The first-order chi connectivity index (χ1) is 16.2. The second-order valence-corrected chi connectivity index (χ2v) is 8.42. The van der Waals surface area contributed by atoms with Gasteiger partial charge in [0, 0.05) is 44.0 Å². The van der Waals surface area contributed by atoms with Gasteiger partial charge in [0.2, 0.25) is 5.91 Å². The molecule has 1 aromatic heterocycles. The maximum Gasteiger partial charge on any atom is 0.234 e. The lowest BCUT2D eigenvalue weighted by Crippen LogP contribution is -2.46. The number of rotatable bonds is 8. The lowest BCUT2D eigenvalue weighted by atomic mass is 10.2. The van der Waals surface area contributed by atoms with Crippen molar-refractivity contribution in [3.05, 3.63) is 60.9 Å². The lowest BCUT2D eigenvalue weighted by Gasteiger charge is -2.36. The monoisotopic (exact) mass is 465 g/mol. The summed E-state index contributed by atoms with van der Waals surface area (Å²) >= 11 is 1.38. The smallest absolute Gasteiger partial charge is 0.234 e. The van der Waals surface area contributed by atoms with Crippen molar-refractivity contribution >= 4 is 34.9 Å². The molecule has 8 nitrogen and oxygen atoms in total. The summed E-state index contributed by atoms with van der Waals surface area (Å²) < 4.78 is 10.5. The fourth-order valence-corrected chi connectivity index (χ4v) is 4.30. The molecule has 1 saturated heterocycles. The van der Waals surface area contributed by atoms with Gasteiger partial charge in [-0.05, 0) is 24.3 Å². The molecule has 1 amide bonds. The Hall–Kier alpha value is -3.46. The number of hydrogen-bond acceptors (Lipinski definition) is 8. The quantitative estimate of drug-likeness (QED) is 0.400. The van der Waals surface area contributed by atoms with Crippen LogP contribution < -0.4 is 24.6 Å². The number of thioether (sulfide) groups is 1. The van der Waals surface area contributed by atoms with E-state index in [-0.39, 0.29) is 11.7 Å². The van der Waals surface area contributed by atoms with E-state index >= 15 is 0 Å². The highest BCUT2D eigenvalue weighted by Crippen LogP contribution is 2.29. The Balaban J connectivity index is 1.31. The highest BCUT2D eigenvalue weighted by atomic mass is 32.2. The summed E-state index contributed by atoms with van der Waals surface area (Å²) in [6.45, 7) is 3.63. The van der Waals surface area contributed by atoms with Gasteiger partial charge < -0.3 is 24.6 Å². The molecular weight excluding hydrogens is 438 g/mol. The van der Waals surface area contributed by atoms with Crippen LogP contribution in [0.4, 0.5) is 17.2 Å². The van der Waals surface area contributed by atoms with Crippen molar-refractivity contribution in [3.63, 3.8) is 0 Å². The van der Waals surface area contributed by atoms with E-state index in [1.165, 1.54) is 17.4 Å². The van der Waals surface area contributed by atoms with E-state index in [9.17, 15) is 4.79 Å². The van der Waals surface area contributed by atoms with Gasteiger partial charge in [-0.2, -0.15) is 0 Å². The van der Waals surface area contributed by atoms with E-state index in [1.807, 2.05) is 12.1 Å². The molecule has 33 heavy (non-hydrogen) atoms. The maximum atomic E-state index is 12.5. The standard InChI is InChI=1S/C24H27N5O3S/c1-31-19-8-9-20(21(14-19)32-2)27-23(30)16-33-24-15-22(25-17-26-24)29-12-10-28(11-13-29)18-6-4-3-5-7-18/h3-9,14-15,17H,10-13,16H2,1-2H3,(H,27,30). The average Bonchev–Trinajstić information content (AvgIpc) is 2.88. The molecule has 1 N–H and O–H groups in total. The number of anilines is 3. The Labute approximate surface area is 197 Å². The predicted octanol–water partition coefficient (Wildman–Crippen LogP) is 3.55. The molecule has 0 spiro atoms. The highest BCUT2D eigenvalue weighted by Gasteiger charge is 2.19. The molecule has 0 aliphatic carbocycles. The lowest BCUT2D eigenvalue weighted by molar-refractivity contribution is -0.113. The van der Waals surface area contributed by atoms with E-state index in [1.54, 1.807) is 38.7 Å². The van der Waals surface area contributed by atoms with Crippen molar-refractivity contribution in [2.75, 3.05) is 61.3 Å². The molecule has 0 atom stereocenters. The van der Waals surface area contributed by atoms with Crippen LogP contribution in [-0.2, 0) is 4.79 Å². The van der Waals surface area contributed by atoms with Crippen LogP contribution in [0.15, 0.2) is 66.0 Å². The van der Waals surface area contributed by atoms with Crippen LogP contribution >= 0.6 is 11.8 Å². The number of para-hydroxylation sites is 1. The van der Waals surface area contributed by atoms with Gasteiger partial charge in [-0.3, -0.25) is 4.79 Å². The zero-order valence-corrected chi connectivity index (χ0v) is 19.5. The van der Waals surface area contributed by atoms with Crippen LogP contribution in [0.2, 0.25) is 0 Å². The minimum absolute atomic E-state index is 0.139. The third-order valence-electron chi connectivity index (χ3n) is 5.39. The van der Waals surface area contributed by atoms with Crippen molar-refractivity contribution < 1.29 is 14.3 Å². The Bertz CT molecular complexity index is 1070. The van der Waals surface area contributed by atoms with E-state index in [0.29, 0.717) is 17.2 Å². The van der Waals surface area contributed by atoms with Crippen LogP contribution in [0.5, 0.6) is 11.5 Å². The summed E-state index contributed by atoms with van der Waals surface area (Å²) in [6, 6.07) is 17.7. The topological polar surface area (TPSA) is 79.8 Å². The van der Waals surface area contributed by atoms with E-state index in [0.717, 1.165) is 37.0 Å². The molecule has 0 bridgehead atoms. The second-order valence-electron chi connectivity index (χ2n) is 7.43. The van der Waals surface area contributed by atoms with Gasteiger partial charge in [-0.15, -0.1) is 0 Å². The largest absolute Gasteiger partial charge is 0.497 e. The third-order valence-corrected chi connectivity index (χ3v) is 6.31. The Kier molecular flexibility index (Phi) is 7.51. The minimum Gasteiger partial charge on any atom is -0.497 e. The summed E-state index contributed by atoms with van der Waals surface area (Å²) in [5.74, 6) is 2.19. The van der Waals surface area contributed by atoms with Crippen LogP contribution in [0.3, 0.4) is 0 Å². The van der Waals surface area contributed by atoms with E-state index in [2.05, 4.69) is 49.4 Å². The number of piperazine rings is 1. The van der Waals surface area contributed by atoms with Gasteiger partial charge in [0.05, 0.1) is 25.7 Å². The average molecular weight is 466 g/mol. The molecule has 4 rings (SSSR count). The molecule has 9 heteroatoms. The Morgan fingerprint density at radius 2 is 1.73 bits per heavy atom. The zero-order chi connectivity index (χ0) is 23.0. The van der Waals surface area contributed by atoms with Gasteiger partial charge in [0.25, 0.3) is 0 Å².